The Morgan fingerprint density at radius 2 is 1.92 bits per heavy atom. The van der Waals surface area contributed by atoms with Crippen molar-refractivity contribution < 1.29 is 12.8 Å². The Morgan fingerprint density at radius 3 is 2.54 bits per heavy atom. The minimum absolute atomic E-state index is 0.0306. The van der Waals surface area contributed by atoms with Crippen LogP contribution in [0, 0.1) is 5.82 Å². The molecule has 126 valence electrons. The highest BCUT2D eigenvalue weighted by Gasteiger charge is 2.15. The molecule has 0 radical (unpaired) electrons. The third-order valence-electron chi connectivity index (χ3n) is 3.80. The van der Waals surface area contributed by atoms with Gasteiger partial charge in [-0.25, -0.2) is 22.8 Å². The highest BCUT2D eigenvalue weighted by molar-refractivity contribution is 7.90. The van der Waals surface area contributed by atoms with E-state index in [1.165, 1.54) is 18.3 Å². The monoisotopic (exact) mass is 347 g/mol. The van der Waals surface area contributed by atoms with Crippen LogP contribution in [0.3, 0.4) is 0 Å². The molecule has 3 rings (SSSR count). The molecule has 0 atom stereocenters. The van der Waals surface area contributed by atoms with Crippen molar-refractivity contribution in [2.24, 2.45) is 0 Å². The molecule has 0 unspecified atom stereocenters. The van der Waals surface area contributed by atoms with E-state index in [1.54, 1.807) is 12.1 Å². The summed E-state index contributed by atoms with van der Waals surface area (Å²) in [5.74, 6) is -0.275. The van der Waals surface area contributed by atoms with E-state index in [-0.39, 0.29) is 10.8 Å². The van der Waals surface area contributed by atoms with Crippen LogP contribution in [-0.2, 0) is 22.8 Å². The average molecular weight is 347 g/mol. The molecular formula is C17H18FN3O2S. The molecule has 0 saturated heterocycles. The number of hydrogen-bond acceptors (Lipinski definition) is 4. The lowest BCUT2D eigenvalue weighted by atomic mass is 10.2. The van der Waals surface area contributed by atoms with Gasteiger partial charge in [-0.05, 0) is 30.2 Å². The van der Waals surface area contributed by atoms with E-state index in [9.17, 15) is 12.8 Å². The second kappa shape index (κ2) is 6.32. The summed E-state index contributed by atoms with van der Waals surface area (Å²) in [6.45, 7) is 2.61. The Bertz CT molecular complexity index is 979. The van der Waals surface area contributed by atoms with Gasteiger partial charge >= 0.3 is 0 Å². The van der Waals surface area contributed by atoms with Gasteiger partial charge in [-0.1, -0.05) is 25.5 Å². The lowest BCUT2D eigenvalue weighted by molar-refractivity contribution is 0.598. The van der Waals surface area contributed by atoms with Crippen LogP contribution in [-0.4, -0.2) is 29.2 Å². The first kappa shape index (κ1) is 16.6. The summed E-state index contributed by atoms with van der Waals surface area (Å²) in [5.41, 5.74) is 3.17. The highest BCUT2D eigenvalue weighted by Crippen LogP contribution is 2.21. The number of sulfone groups is 1. The van der Waals surface area contributed by atoms with Crippen molar-refractivity contribution in [3.63, 3.8) is 0 Å². The molecule has 0 N–H and O–H groups in total. The van der Waals surface area contributed by atoms with Gasteiger partial charge in [0.1, 0.15) is 11.3 Å². The maximum Gasteiger partial charge on any atom is 0.194 e. The molecule has 0 amide bonds. The molecule has 0 aliphatic rings. The zero-order valence-corrected chi connectivity index (χ0v) is 14.3. The van der Waals surface area contributed by atoms with Crippen LogP contribution in [0.2, 0.25) is 0 Å². The molecule has 2 heterocycles. The minimum atomic E-state index is -3.40. The lowest BCUT2D eigenvalue weighted by Crippen LogP contribution is -2.06. The van der Waals surface area contributed by atoms with E-state index < -0.39 is 9.84 Å². The quantitative estimate of drug-likeness (QED) is 0.712. The van der Waals surface area contributed by atoms with Crippen molar-refractivity contribution in [1.29, 1.82) is 0 Å². The number of nitrogens with zero attached hydrogens (tertiary/aromatic N) is 3. The molecule has 5 nitrogen and oxygen atoms in total. The van der Waals surface area contributed by atoms with E-state index in [1.807, 2.05) is 10.6 Å². The fourth-order valence-corrected chi connectivity index (χ4v) is 3.16. The molecule has 24 heavy (non-hydrogen) atoms. The van der Waals surface area contributed by atoms with Gasteiger partial charge in [0, 0.05) is 18.5 Å². The predicted molar refractivity (Wildman–Crippen MR) is 90.1 cm³/mol. The van der Waals surface area contributed by atoms with Gasteiger partial charge in [0.15, 0.2) is 20.5 Å². The molecule has 2 aromatic heterocycles. The summed E-state index contributed by atoms with van der Waals surface area (Å²) in [4.78, 5) is 8.55. The number of fused-ring (bicyclic) bond motifs is 1. The molecule has 0 aliphatic carbocycles. The number of benzene rings is 1. The highest BCUT2D eigenvalue weighted by atomic mass is 32.2. The number of halogens is 1. The Kier molecular flexibility index (Phi) is 4.36. The molecule has 0 saturated carbocycles. The molecular weight excluding hydrogens is 329 g/mol. The molecule has 0 fully saturated rings. The standard InChI is InChI=1S/C17H18FN3O2S/c1-3-4-14-9-15-17(19-10-16(20-15)24(2,22)23)21(14)11-12-5-7-13(18)8-6-12/h5-10H,3-4,11H2,1-2H3. The van der Waals surface area contributed by atoms with Crippen molar-refractivity contribution in [3.05, 3.63) is 53.6 Å². The molecule has 0 aliphatic heterocycles. The van der Waals surface area contributed by atoms with Crippen molar-refractivity contribution in [2.75, 3.05) is 6.26 Å². The lowest BCUT2D eigenvalue weighted by Gasteiger charge is -2.10. The van der Waals surface area contributed by atoms with Crippen molar-refractivity contribution in [3.8, 4) is 0 Å². The first-order valence-corrected chi connectivity index (χ1v) is 9.57. The van der Waals surface area contributed by atoms with Crippen molar-refractivity contribution in [2.45, 2.75) is 31.3 Å². The second-order valence-electron chi connectivity index (χ2n) is 5.79. The smallest absolute Gasteiger partial charge is 0.194 e. The molecule has 0 bridgehead atoms. The van der Waals surface area contributed by atoms with E-state index in [4.69, 9.17) is 0 Å². The van der Waals surface area contributed by atoms with Crippen molar-refractivity contribution >= 4 is 21.0 Å². The van der Waals surface area contributed by atoms with Gasteiger partial charge < -0.3 is 4.57 Å². The fraction of sp³-hybridized carbons (Fsp3) is 0.294. The Morgan fingerprint density at radius 1 is 1.21 bits per heavy atom. The van der Waals surface area contributed by atoms with Crippen molar-refractivity contribution in [1.82, 2.24) is 14.5 Å². The van der Waals surface area contributed by atoms with Gasteiger partial charge in [0.05, 0.1) is 6.20 Å². The summed E-state index contributed by atoms with van der Waals surface area (Å²) in [5, 5.41) is -0.0306. The van der Waals surface area contributed by atoms with Gasteiger partial charge in [-0.3, -0.25) is 0 Å². The first-order chi connectivity index (χ1) is 11.4. The Balaban J connectivity index is 2.10. The van der Waals surface area contributed by atoms with E-state index in [2.05, 4.69) is 16.9 Å². The maximum absolute atomic E-state index is 13.1. The topological polar surface area (TPSA) is 64.8 Å². The molecule has 3 aromatic rings. The number of rotatable bonds is 5. The van der Waals surface area contributed by atoms with E-state index in [0.29, 0.717) is 17.7 Å². The average Bonchev–Trinajstić information content (AvgIpc) is 2.86. The van der Waals surface area contributed by atoms with Crippen LogP contribution < -0.4 is 0 Å². The Hall–Kier alpha value is -2.28. The summed E-state index contributed by atoms with van der Waals surface area (Å²) in [6.07, 6.45) is 4.17. The summed E-state index contributed by atoms with van der Waals surface area (Å²) >= 11 is 0. The Labute approximate surface area is 140 Å². The fourth-order valence-electron chi connectivity index (χ4n) is 2.65. The van der Waals surface area contributed by atoms with Gasteiger partial charge in [0.2, 0.25) is 0 Å². The zero-order chi connectivity index (χ0) is 17.3. The minimum Gasteiger partial charge on any atom is -0.324 e. The van der Waals surface area contributed by atoms with Crippen LogP contribution in [0.25, 0.3) is 11.2 Å². The van der Waals surface area contributed by atoms with E-state index >= 15 is 0 Å². The van der Waals surface area contributed by atoms with Crippen LogP contribution in [0.5, 0.6) is 0 Å². The number of aromatic nitrogens is 3. The third kappa shape index (κ3) is 3.31. The SMILES string of the molecule is CCCc1cc2nc(S(C)(=O)=O)cnc2n1Cc1ccc(F)cc1. The van der Waals surface area contributed by atoms with Gasteiger partial charge in [0.25, 0.3) is 0 Å². The first-order valence-electron chi connectivity index (χ1n) is 7.68. The van der Waals surface area contributed by atoms with Crippen LogP contribution >= 0.6 is 0 Å². The van der Waals surface area contributed by atoms with Crippen LogP contribution in [0.1, 0.15) is 24.6 Å². The van der Waals surface area contributed by atoms with Gasteiger partial charge in [-0.2, -0.15) is 0 Å². The van der Waals surface area contributed by atoms with Crippen LogP contribution in [0.4, 0.5) is 4.39 Å². The zero-order valence-electron chi connectivity index (χ0n) is 13.5. The summed E-state index contributed by atoms with van der Waals surface area (Å²) in [7, 11) is -3.40. The second-order valence-corrected chi connectivity index (χ2v) is 7.75. The number of hydrogen-bond donors (Lipinski definition) is 0. The molecule has 1 aromatic carbocycles. The normalized spacial score (nSPS) is 12.0. The van der Waals surface area contributed by atoms with E-state index in [0.717, 1.165) is 30.4 Å². The summed E-state index contributed by atoms with van der Waals surface area (Å²) in [6, 6.07) is 8.19. The third-order valence-corrected chi connectivity index (χ3v) is 4.76. The predicted octanol–water partition coefficient (Wildman–Crippen LogP) is 2.97. The largest absolute Gasteiger partial charge is 0.324 e. The molecule has 0 spiro atoms. The summed E-state index contributed by atoms with van der Waals surface area (Å²) < 4.78 is 38.4. The van der Waals surface area contributed by atoms with Crippen LogP contribution in [0.15, 0.2) is 41.6 Å². The van der Waals surface area contributed by atoms with Gasteiger partial charge in [-0.15, -0.1) is 0 Å². The maximum atomic E-state index is 13.1. The number of aryl methyl sites for hydroxylation is 1. The molecule has 7 heteroatoms.